The first-order valence-electron chi connectivity index (χ1n) is 11.2. The maximum Gasteiger partial charge on any atom is 0.339 e. The Morgan fingerprint density at radius 3 is 2.20 bits per heavy atom. The van der Waals surface area contributed by atoms with E-state index in [1.165, 1.54) is 36.4 Å². The molecule has 0 saturated carbocycles. The Balaban J connectivity index is 1.49. The number of rotatable bonds is 6. The predicted molar refractivity (Wildman–Crippen MR) is 127 cm³/mol. The van der Waals surface area contributed by atoms with Crippen molar-refractivity contribution < 1.29 is 31.2 Å². The van der Waals surface area contributed by atoms with Crippen molar-refractivity contribution in [2.45, 2.75) is 30.3 Å². The standard InChI is InChI=1S/C26H26FNO6S/c1-31-23-11-17-9-22-21-14-25(33-3)26(34-35(29,30)20-6-4-5-19(27)13-20)10-16(21)7-8-28(22)15-18(17)12-24(23)32-2/h4-6,10-14,22H,7-9,15H2,1-3H3. The predicted octanol–water partition coefficient (Wildman–Crippen LogP) is 4.27. The Morgan fingerprint density at radius 2 is 1.51 bits per heavy atom. The summed E-state index contributed by atoms with van der Waals surface area (Å²) in [5, 5.41) is 0. The molecule has 3 aromatic rings. The van der Waals surface area contributed by atoms with E-state index < -0.39 is 15.9 Å². The normalized spacial score (nSPS) is 17.1. The molecule has 0 fully saturated rings. The lowest BCUT2D eigenvalue weighted by Crippen LogP contribution is -2.39. The minimum absolute atomic E-state index is 0.0894. The monoisotopic (exact) mass is 499 g/mol. The molecule has 0 bridgehead atoms. The maximum absolute atomic E-state index is 13.6. The Bertz CT molecular complexity index is 1390. The van der Waals surface area contributed by atoms with Gasteiger partial charge in [-0.1, -0.05) is 6.07 Å². The highest BCUT2D eigenvalue weighted by molar-refractivity contribution is 7.87. The molecule has 3 aromatic carbocycles. The minimum atomic E-state index is -4.23. The lowest BCUT2D eigenvalue weighted by molar-refractivity contribution is 0.160. The van der Waals surface area contributed by atoms with Crippen LogP contribution in [0.1, 0.15) is 28.3 Å². The van der Waals surface area contributed by atoms with Gasteiger partial charge in [-0.15, -0.1) is 0 Å². The summed E-state index contributed by atoms with van der Waals surface area (Å²) in [4.78, 5) is 2.15. The zero-order valence-electron chi connectivity index (χ0n) is 19.7. The molecule has 2 aliphatic heterocycles. The van der Waals surface area contributed by atoms with Crippen molar-refractivity contribution in [2.75, 3.05) is 27.9 Å². The third-order valence-corrected chi connectivity index (χ3v) is 7.90. The average Bonchev–Trinajstić information content (AvgIpc) is 2.86. The zero-order valence-corrected chi connectivity index (χ0v) is 20.5. The van der Waals surface area contributed by atoms with Gasteiger partial charge in [0, 0.05) is 19.1 Å². The molecule has 0 amide bonds. The van der Waals surface area contributed by atoms with Gasteiger partial charge in [-0.05, 0) is 77.6 Å². The third kappa shape index (κ3) is 4.30. The maximum atomic E-state index is 13.6. The van der Waals surface area contributed by atoms with Gasteiger partial charge in [-0.2, -0.15) is 8.42 Å². The van der Waals surface area contributed by atoms with Crippen LogP contribution in [0.3, 0.4) is 0 Å². The van der Waals surface area contributed by atoms with Crippen LogP contribution in [0.2, 0.25) is 0 Å². The fraction of sp³-hybridized carbons (Fsp3) is 0.308. The molecular formula is C26H26FNO6S. The van der Waals surface area contributed by atoms with Crippen LogP contribution in [0.5, 0.6) is 23.0 Å². The summed E-state index contributed by atoms with van der Waals surface area (Å²) in [6.45, 7) is 1.59. The fourth-order valence-corrected chi connectivity index (χ4v) is 5.90. The van der Waals surface area contributed by atoms with Crippen LogP contribution in [0.4, 0.5) is 4.39 Å². The highest BCUT2D eigenvalue weighted by Gasteiger charge is 2.34. The van der Waals surface area contributed by atoms with Gasteiger partial charge in [0.1, 0.15) is 10.7 Å². The number of hydrogen-bond acceptors (Lipinski definition) is 7. The van der Waals surface area contributed by atoms with Gasteiger partial charge in [-0.25, -0.2) is 4.39 Å². The highest BCUT2D eigenvalue weighted by Crippen LogP contribution is 2.44. The number of benzene rings is 3. The van der Waals surface area contributed by atoms with Crippen molar-refractivity contribution in [1.82, 2.24) is 4.90 Å². The van der Waals surface area contributed by atoms with Crippen molar-refractivity contribution >= 4 is 10.1 Å². The molecule has 0 aromatic heterocycles. The SMILES string of the molecule is COc1cc2c(cc1OC)CN1CCc3cc(OS(=O)(=O)c4cccc(F)c4)c(OC)cc3C1C2. The molecule has 0 N–H and O–H groups in total. The van der Waals surface area contributed by atoms with Crippen LogP contribution >= 0.6 is 0 Å². The summed E-state index contributed by atoms with van der Waals surface area (Å²) in [5.74, 6) is 1.15. The Morgan fingerprint density at radius 1 is 0.857 bits per heavy atom. The molecule has 1 atom stereocenters. The van der Waals surface area contributed by atoms with Gasteiger partial charge in [-0.3, -0.25) is 4.90 Å². The van der Waals surface area contributed by atoms with Crippen molar-refractivity contribution in [3.63, 3.8) is 0 Å². The molecule has 0 spiro atoms. The smallest absolute Gasteiger partial charge is 0.339 e. The topological polar surface area (TPSA) is 74.3 Å². The second-order valence-corrected chi connectivity index (χ2v) is 10.2. The van der Waals surface area contributed by atoms with Crippen LogP contribution in [-0.2, 0) is 29.5 Å². The van der Waals surface area contributed by atoms with E-state index in [1.54, 1.807) is 20.3 Å². The van der Waals surface area contributed by atoms with Gasteiger partial charge in [0.05, 0.1) is 21.3 Å². The van der Waals surface area contributed by atoms with Gasteiger partial charge >= 0.3 is 10.1 Å². The molecule has 0 aliphatic carbocycles. The number of halogens is 1. The van der Waals surface area contributed by atoms with Crippen LogP contribution in [0, 0.1) is 5.82 Å². The van der Waals surface area contributed by atoms with E-state index in [0.29, 0.717) is 17.2 Å². The molecule has 35 heavy (non-hydrogen) atoms. The molecular weight excluding hydrogens is 473 g/mol. The molecule has 0 saturated heterocycles. The van der Waals surface area contributed by atoms with Crippen LogP contribution in [0.25, 0.3) is 0 Å². The minimum Gasteiger partial charge on any atom is -0.493 e. The van der Waals surface area contributed by atoms with Crippen LogP contribution < -0.4 is 18.4 Å². The van der Waals surface area contributed by atoms with E-state index >= 15 is 0 Å². The Hall–Kier alpha value is -3.30. The first-order chi connectivity index (χ1) is 16.8. The molecule has 1 unspecified atom stereocenters. The third-order valence-electron chi connectivity index (χ3n) is 6.67. The first kappa shape index (κ1) is 23.4. The van der Waals surface area contributed by atoms with Gasteiger partial charge in [0.25, 0.3) is 0 Å². The molecule has 9 heteroatoms. The lowest BCUT2D eigenvalue weighted by Gasteiger charge is -2.41. The lowest BCUT2D eigenvalue weighted by atomic mass is 9.83. The summed E-state index contributed by atoms with van der Waals surface area (Å²) in [6, 6.07) is 12.5. The number of hydrogen-bond donors (Lipinski definition) is 0. The quantitative estimate of drug-likeness (QED) is 0.469. The van der Waals surface area contributed by atoms with E-state index in [4.69, 9.17) is 18.4 Å². The largest absolute Gasteiger partial charge is 0.493 e. The van der Waals surface area contributed by atoms with Crippen LogP contribution in [0.15, 0.2) is 53.4 Å². The number of methoxy groups -OCH3 is 3. The average molecular weight is 500 g/mol. The van der Waals surface area contributed by atoms with Gasteiger partial charge < -0.3 is 18.4 Å². The van der Waals surface area contributed by atoms with E-state index in [0.717, 1.165) is 43.1 Å². The Kier molecular flexibility index (Phi) is 6.06. The molecule has 5 rings (SSSR count). The highest BCUT2D eigenvalue weighted by atomic mass is 32.2. The van der Waals surface area contributed by atoms with Crippen molar-refractivity contribution in [3.05, 3.63) is 76.6 Å². The second-order valence-electron chi connectivity index (χ2n) is 8.61. The van der Waals surface area contributed by atoms with Gasteiger partial charge in [0.15, 0.2) is 23.0 Å². The molecule has 2 aliphatic rings. The number of nitrogens with zero attached hydrogens (tertiary/aromatic N) is 1. The van der Waals surface area contributed by atoms with E-state index in [9.17, 15) is 12.8 Å². The summed E-state index contributed by atoms with van der Waals surface area (Å²) in [6.07, 6.45) is 1.50. The van der Waals surface area contributed by atoms with Crippen molar-refractivity contribution in [1.29, 1.82) is 0 Å². The Labute approximate surface area is 204 Å². The van der Waals surface area contributed by atoms with Gasteiger partial charge in [0.2, 0.25) is 0 Å². The molecule has 7 nitrogen and oxygen atoms in total. The summed E-state index contributed by atoms with van der Waals surface area (Å²) in [7, 11) is 0.498. The zero-order chi connectivity index (χ0) is 24.7. The summed E-state index contributed by atoms with van der Waals surface area (Å²) < 4.78 is 61.1. The van der Waals surface area contributed by atoms with Crippen molar-refractivity contribution in [2.24, 2.45) is 0 Å². The molecule has 0 radical (unpaired) electrons. The van der Waals surface area contributed by atoms with E-state index in [2.05, 4.69) is 4.90 Å². The summed E-state index contributed by atoms with van der Waals surface area (Å²) in [5.41, 5.74) is 4.46. The summed E-state index contributed by atoms with van der Waals surface area (Å²) >= 11 is 0. The van der Waals surface area contributed by atoms with Crippen LogP contribution in [-0.4, -0.2) is 41.2 Å². The number of ether oxygens (including phenoxy) is 3. The second kappa shape index (κ2) is 9.05. The van der Waals surface area contributed by atoms with E-state index in [-0.39, 0.29) is 16.7 Å². The molecule has 2 heterocycles. The first-order valence-corrected chi connectivity index (χ1v) is 12.6. The number of fused-ring (bicyclic) bond motifs is 4. The molecule has 184 valence electrons. The van der Waals surface area contributed by atoms with E-state index in [1.807, 2.05) is 18.2 Å². The fourth-order valence-electron chi connectivity index (χ4n) is 4.93. The van der Waals surface area contributed by atoms with Crippen molar-refractivity contribution in [3.8, 4) is 23.0 Å².